The highest BCUT2D eigenvalue weighted by Gasteiger charge is 2.53. The van der Waals surface area contributed by atoms with Crippen LogP contribution >= 0.6 is 0 Å². The first-order valence-corrected chi connectivity index (χ1v) is 6.61. The average molecular weight is 272 g/mol. The zero-order chi connectivity index (χ0) is 14.4. The van der Waals surface area contributed by atoms with E-state index in [2.05, 4.69) is 9.97 Å². The lowest BCUT2D eigenvalue weighted by molar-refractivity contribution is 0.00578. The van der Waals surface area contributed by atoms with Crippen molar-refractivity contribution in [2.24, 2.45) is 0 Å². The van der Waals surface area contributed by atoms with E-state index in [1.807, 2.05) is 39.8 Å². The summed E-state index contributed by atoms with van der Waals surface area (Å²) >= 11 is 0. The van der Waals surface area contributed by atoms with Gasteiger partial charge in [-0.1, -0.05) is 0 Å². The fourth-order valence-corrected chi connectivity index (χ4v) is 2.01. The second kappa shape index (κ2) is 4.43. The molecule has 3 heterocycles. The van der Waals surface area contributed by atoms with E-state index >= 15 is 0 Å². The highest BCUT2D eigenvalue weighted by Crippen LogP contribution is 2.36. The van der Waals surface area contributed by atoms with Crippen molar-refractivity contribution in [3.05, 3.63) is 30.7 Å². The molecule has 0 N–H and O–H groups in total. The van der Waals surface area contributed by atoms with Crippen LogP contribution in [0.1, 0.15) is 27.7 Å². The van der Waals surface area contributed by atoms with Gasteiger partial charge in [0.2, 0.25) is 0 Å². The highest BCUT2D eigenvalue weighted by atomic mass is 16.7. The quantitative estimate of drug-likeness (QED) is 0.783. The van der Waals surface area contributed by atoms with Crippen LogP contribution < -0.4 is 5.66 Å². The molecular weight excluding hydrogens is 255 g/mol. The van der Waals surface area contributed by atoms with Crippen LogP contribution in [0.3, 0.4) is 0 Å². The topological polar surface area (TPSA) is 57.4 Å². The van der Waals surface area contributed by atoms with Gasteiger partial charge in [-0.05, 0) is 45.9 Å². The standard InChI is InChI=1S/C14H17BN2O3/c1-13(2)14(3,4)20-15(19-13)12-6-5-11(18-12)10-7-8-16-9-17-10/h5-9H,1-4H3. The molecule has 104 valence electrons. The summed E-state index contributed by atoms with van der Waals surface area (Å²) in [6, 6.07) is 5.52. The first-order chi connectivity index (χ1) is 9.39. The second-order valence-electron chi connectivity index (χ2n) is 5.88. The summed E-state index contributed by atoms with van der Waals surface area (Å²) in [6.07, 6.45) is 3.17. The minimum Gasteiger partial charge on any atom is -0.463 e. The molecule has 1 fully saturated rings. The Kier molecular flexibility index (Phi) is 2.95. The molecule has 0 amide bonds. The maximum Gasteiger partial charge on any atom is 0.532 e. The van der Waals surface area contributed by atoms with Gasteiger partial charge in [0.1, 0.15) is 17.7 Å². The van der Waals surface area contributed by atoms with E-state index in [0.29, 0.717) is 11.4 Å². The van der Waals surface area contributed by atoms with E-state index in [4.69, 9.17) is 13.7 Å². The molecule has 0 unspecified atom stereocenters. The minimum atomic E-state index is -0.490. The molecule has 1 saturated heterocycles. The monoisotopic (exact) mass is 272 g/mol. The van der Waals surface area contributed by atoms with Crippen molar-refractivity contribution in [2.75, 3.05) is 0 Å². The van der Waals surface area contributed by atoms with Gasteiger partial charge in [-0.2, -0.15) is 0 Å². The predicted molar refractivity (Wildman–Crippen MR) is 75.5 cm³/mol. The third-order valence-corrected chi connectivity index (χ3v) is 3.95. The van der Waals surface area contributed by atoms with Gasteiger partial charge in [0.15, 0.2) is 5.76 Å². The molecule has 0 atom stereocenters. The van der Waals surface area contributed by atoms with Crippen molar-refractivity contribution in [1.82, 2.24) is 9.97 Å². The average Bonchev–Trinajstić information content (AvgIpc) is 2.94. The molecule has 1 aliphatic rings. The molecule has 0 aliphatic carbocycles. The van der Waals surface area contributed by atoms with Gasteiger partial charge in [0.05, 0.1) is 11.2 Å². The Morgan fingerprint density at radius 2 is 1.70 bits per heavy atom. The first-order valence-electron chi connectivity index (χ1n) is 6.61. The minimum absolute atomic E-state index is 0.375. The molecule has 3 rings (SSSR count). The van der Waals surface area contributed by atoms with E-state index in [-0.39, 0.29) is 11.2 Å². The third-order valence-electron chi connectivity index (χ3n) is 3.95. The van der Waals surface area contributed by atoms with E-state index in [0.717, 1.165) is 5.69 Å². The molecule has 0 radical (unpaired) electrons. The molecule has 0 spiro atoms. The molecule has 1 aliphatic heterocycles. The molecule has 5 nitrogen and oxygen atoms in total. The maximum atomic E-state index is 5.95. The molecule has 0 aromatic carbocycles. The van der Waals surface area contributed by atoms with Crippen LogP contribution in [0, 0.1) is 0 Å². The van der Waals surface area contributed by atoms with Crippen molar-refractivity contribution in [1.29, 1.82) is 0 Å². The van der Waals surface area contributed by atoms with Gasteiger partial charge in [-0.25, -0.2) is 9.97 Å². The smallest absolute Gasteiger partial charge is 0.463 e. The lowest BCUT2D eigenvalue weighted by Crippen LogP contribution is -2.41. The van der Waals surface area contributed by atoms with Gasteiger partial charge in [0.25, 0.3) is 0 Å². The van der Waals surface area contributed by atoms with E-state index in [1.165, 1.54) is 6.33 Å². The molecule has 20 heavy (non-hydrogen) atoms. The Morgan fingerprint density at radius 3 is 2.30 bits per heavy atom. The molecule has 0 saturated carbocycles. The second-order valence-corrected chi connectivity index (χ2v) is 5.88. The van der Waals surface area contributed by atoms with Gasteiger partial charge in [-0.3, -0.25) is 0 Å². The Labute approximate surface area is 118 Å². The number of furan rings is 1. The van der Waals surface area contributed by atoms with E-state index in [9.17, 15) is 0 Å². The molecule has 6 heteroatoms. The van der Waals surface area contributed by atoms with Crippen LogP contribution in [0.15, 0.2) is 35.1 Å². The van der Waals surface area contributed by atoms with Gasteiger partial charge < -0.3 is 13.7 Å². The van der Waals surface area contributed by atoms with Crippen molar-refractivity contribution >= 4 is 12.8 Å². The van der Waals surface area contributed by atoms with Crippen LogP contribution in [0.25, 0.3) is 11.5 Å². The Balaban J connectivity index is 1.86. The van der Waals surface area contributed by atoms with Crippen LogP contribution in [0.4, 0.5) is 0 Å². The molecule has 2 aromatic heterocycles. The largest absolute Gasteiger partial charge is 0.532 e. The lowest BCUT2D eigenvalue weighted by Gasteiger charge is -2.32. The zero-order valence-electron chi connectivity index (χ0n) is 12.1. The van der Waals surface area contributed by atoms with E-state index < -0.39 is 7.12 Å². The number of rotatable bonds is 2. The number of hydrogen-bond donors (Lipinski definition) is 0. The highest BCUT2D eigenvalue weighted by molar-refractivity contribution is 6.60. The third kappa shape index (κ3) is 2.15. The Bertz CT molecular complexity index is 594. The summed E-state index contributed by atoms with van der Waals surface area (Å²) in [7, 11) is -0.490. The van der Waals surface area contributed by atoms with Crippen LogP contribution in [-0.4, -0.2) is 28.3 Å². The molecule has 0 bridgehead atoms. The number of hydrogen-bond acceptors (Lipinski definition) is 5. The summed E-state index contributed by atoms with van der Waals surface area (Å²) in [5, 5.41) is 0. The van der Waals surface area contributed by atoms with E-state index in [1.54, 1.807) is 12.3 Å². The molecule has 2 aromatic rings. The summed E-state index contributed by atoms with van der Waals surface area (Å²) in [6.45, 7) is 8.06. The van der Waals surface area contributed by atoms with Crippen LogP contribution in [0.2, 0.25) is 0 Å². The normalized spacial score (nSPS) is 20.3. The number of nitrogens with zero attached hydrogens (tertiary/aromatic N) is 2. The van der Waals surface area contributed by atoms with Crippen molar-refractivity contribution in [2.45, 2.75) is 38.9 Å². The summed E-state index contributed by atoms with van der Waals surface area (Å²) in [4.78, 5) is 8.05. The number of aromatic nitrogens is 2. The maximum absolute atomic E-state index is 5.95. The lowest BCUT2D eigenvalue weighted by atomic mass is 9.86. The van der Waals surface area contributed by atoms with Gasteiger partial charge in [-0.15, -0.1) is 0 Å². The fraction of sp³-hybridized carbons (Fsp3) is 0.429. The Morgan fingerprint density at radius 1 is 1.00 bits per heavy atom. The first kappa shape index (κ1) is 13.3. The SMILES string of the molecule is CC1(C)OB(c2ccc(-c3ccncn3)o2)OC1(C)C. The summed E-state index contributed by atoms with van der Waals surface area (Å²) < 4.78 is 17.7. The van der Waals surface area contributed by atoms with Crippen molar-refractivity contribution < 1.29 is 13.7 Å². The summed E-state index contributed by atoms with van der Waals surface area (Å²) in [5.74, 6) is 0.678. The summed E-state index contributed by atoms with van der Waals surface area (Å²) in [5.41, 5.74) is 0.638. The van der Waals surface area contributed by atoms with Crippen LogP contribution in [-0.2, 0) is 9.31 Å². The van der Waals surface area contributed by atoms with Crippen molar-refractivity contribution in [3.63, 3.8) is 0 Å². The fourth-order valence-electron chi connectivity index (χ4n) is 2.01. The van der Waals surface area contributed by atoms with Crippen LogP contribution in [0.5, 0.6) is 0 Å². The predicted octanol–water partition coefficient (Wildman–Crippen LogP) is 2.04. The van der Waals surface area contributed by atoms with Gasteiger partial charge in [0, 0.05) is 6.20 Å². The zero-order valence-corrected chi connectivity index (χ0v) is 12.1. The van der Waals surface area contributed by atoms with Gasteiger partial charge >= 0.3 is 7.12 Å². The van der Waals surface area contributed by atoms with Crippen molar-refractivity contribution in [3.8, 4) is 11.5 Å². The molecular formula is C14H17BN2O3. The Hall–Kier alpha value is -1.66.